The van der Waals surface area contributed by atoms with Gasteiger partial charge in [-0.1, -0.05) is 68.3 Å². The molecule has 2 fully saturated rings. The number of aryl methyl sites for hydroxylation is 1. The van der Waals surface area contributed by atoms with E-state index < -0.39 is 0 Å². The molecule has 1 aromatic carbocycles. The van der Waals surface area contributed by atoms with Gasteiger partial charge in [0.15, 0.2) is 0 Å². The third-order valence-electron chi connectivity index (χ3n) is 5.24. The van der Waals surface area contributed by atoms with Gasteiger partial charge < -0.3 is 10.1 Å². The maximum Gasteiger partial charge on any atom is 0.107 e. The Hall–Kier alpha value is -0.280. The number of halogens is 2. The topological polar surface area (TPSA) is 21.3 Å². The molecule has 2 bridgehead atoms. The lowest BCUT2D eigenvalue weighted by Gasteiger charge is -2.28. The Balaban J connectivity index is 1.66. The maximum absolute atomic E-state index is 6.45. The normalized spacial score (nSPS) is 26.1. The van der Waals surface area contributed by atoms with Crippen LogP contribution in [0.25, 0.3) is 0 Å². The minimum absolute atomic E-state index is 0.186. The molecule has 2 nitrogen and oxygen atoms in total. The van der Waals surface area contributed by atoms with E-state index in [9.17, 15) is 0 Å². The summed E-state index contributed by atoms with van der Waals surface area (Å²) in [6.07, 6.45) is 9.79. The number of benzene rings is 1. The van der Waals surface area contributed by atoms with Gasteiger partial charge in [0.1, 0.15) is 5.60 Å². The summed E-state index contributed by atoms with van der Waals surface area (Å²) in [5, 5.41) is 4.91. The Kier molecular flexibility index (Phi) is 5.90. The summed E-state index contributed by atoms with van der Waals surface area (Å²) < 4.78 is 6.08. The molecule has 0 amide bonds. The average molecular weight is 356 g/mol. The zero-order valence-electron chi connectivity index (χ0n) is 14.0. The monoisotopic (exact) mass is 355 g/mol. The first kappa shape index (κ1) is 17.5. The molecule has 2 unspecified atom stereocenters. The van der Waals surface area contributed by atoms with Crippen molar-refractivity contribution in [2.24, 2.45) is 0 Å². The number of fused-ring (bicyclic) bond motifs is 2. The highest BCUT2D eigenvalue weighted by Gasteiger charge is 2.47. The van der Waals surface area contributed by atoms with Crippen LogP contribution < -0.4 is 5.32 Å². The summed E-state index contributed by atoms with van der Waals surface area (Å²) in [5.74, 6) is 0. The Bertz CT molecular complexity index is 538. The maximum atomic E-state index is 6.45. The van der Waals surface area contributed by atoms with E-state index in [0.29, 0.717) is 11.1 Å². The SMILES string of the molecule is CCCCCCCCc1cc(C23CNC(CO2)C3)cc(Cl)c1Cl. The summed E-state index contributed by atoms with van der Waals surface area (Å²) in [6.45, 7) is 3.93. The fourth-order valence-corrected chi connectivity index (χ4v) is 4.27. The van der Waals surface area contributed by atoms with E-state index in [1.54, 1.807) is 0 Å². The molecule has 128 valence electrons. The standard InChI is InChI=1S/C19H27Cl2NO/c1-2-3-4-5-6-7-8-14-9-15(10-17(20)18(14)21)19-11-16(12-23-19)22-13-19/h9-10,16,22H,2-8,11-13H2,1H3. The summed E-state index contributed by atoms with van der Waals surface area (Å²) in [6, 6.07) is 4.73. The van der Waals surface area contributed by atoms with Crippen LogP contribution in [0.2, 0.25) is 10.0 Å². The highest BCUT2D eigenvalue weighted by atomic mass is 35.5. The molecule has 2 aliphatic rings. The molecule has 2 saturated heterocycles. The van der Waals surface area contributed by atoms with Crippen LogP contribution in [0.1, 0.15) is 63.0 Å². The van der Waals surface area contributed by atoms with E-state index in [4.69, 9.17) is 27.9 Å². The molecule has 2 atom stereocenters. The molecule has 4 heteroatoms. The smallest absolute Gasteiger partial charge is 0.107 e. The van der Waals surface area contributed by atoms with Gasteiger partial charge in [-0.3, -0.25) is 0 Å². The quantitative estimate of drug-likeness (QED) is 0.623. The molecule has 0 aromatic heterocycles. The molecule has 2 aliphatic heterocycles. The average Bonchev–Trinajstić information content (AvgIpc) is 3.16. The van der Waals surface area contributed by atoms with E-state index in [0.717, 1.165) is 31.0 Å². The molecule has 2 heterocycles. The van der Waals surface area contributed by atoms with Crippen molar-refractivity contribution in [2.45, 2.75) is 69.9 Å². The summed E-state index contributed by atoms with van der Waals surface area (Å²) in [4.78, 5) is 0. The number of morpholine rings is 1. The first-order valence-electron chi connectivity index (χ1n) is 9.00. The van der Waals surface area contributed by atoms with Gasteiger partial charge in [0.05, 0.1) is 16.7 Å². The van der Waals surface area contributed by atoms with Gasteiger partial charge in [0, 0.05) is 12.6 Å². The van der Waals surface area contributed by atoms with E-state index in [1.165, 1.54) is 49.7 Å². The molecule has 0 aliphatic carbocycles. The number of hydrogen-bond donors (Lipinski definition) is 1. The minimum Gasteiger partial charge on any atom is -0.367 e. The highest BCUT2D eigenvalue weighted by molar-refractivity contribution is 6.42. The second-order valence-electron chi connectivity index (χ2n) is 7.04. The number of ether oxygens (including phenoxy) is 1. The van der Waals surface area contributed by atoms with Gasteiger partial charge >= 0.3 is 0 Å². The first-order chi connectivity index (χ1) is 11.1. The molecule has 0 saturated carbocycles. The molecule has 3 rings (SSSR count). The second kappa shape index (κ2) is 7.74. The first-order valence-corrected chi connectivity index (χ1v) is 9.76. The van der Waals surface area contributed by atoms with Crippen LogP contribution in [0, 0.1) is 0 Å². The van der Waals surface area contributed by atoms with Gasteiger partial charge in [-0.05, 0) is 36.5 Å². The third kappa shape index (κ3) is 3.87. The van der Waals surface area contributed by atoms with E-state index in [1.807, 2.05) is 6.07 Å². The zero-order chi connectivity index (χ0) is 16.3. The number of unbranched alkanes of at least 4 members (excludes halogenated alkanes) is 5. The van der Waals surface area contributed by atoms with Crippen LogP contribution in [0.3, 0.4) is 0 Å². The van der Waals surface area contributed by atoms with Crippen molar-refractivity contribution in [3.63, 3.8) is 0 Å². The lowest BCUT2D eigenvalue weighted by atomic mass is 9.90. The van der Waals surface area contributed by atoms with Crippen molar-refractivity contribution in [3.05, 3.63) is 33.3 Å². The molecular formula is C19H27Cl2NO. The molecule has 0 spiro atoms. The second-order valence-corrected chi connectivity index (χ2v) is 7.82. The Morgan fingerprint density at radius 1 is 1.17 bits per heavy atom. The Labute approximate surface area is 149 Å². The van der Waals surface area contributed by atoms with Gasteiger partial charge in [-0.15, -0.1) is 0 Å². The predicted molar refractivity (Wildman–Crippen MR) is 97.6 cm³/mol. The predicted octanol–water partition coefficient (Wildman–Crippen LogP) is 5.48. The minimum atomic E-state index is -0.186. The van der Waals surface area contributed by atoms with Gasteiger partial charge in [-0.2, -0.15) is 0 Å². The summed E-state index contributed by atoms with van der Waals surface area (Å²) >= 11 is 12.8. The van der Waals surface area contributed by atoms with Crippen LogP contribution in [-0.4, -0.2) is 19.2 Å². The molecule has 23 heavy (non-hydrogen) atoms. The fraction of sp³-hybridized carbons (Fsp3) is 0.684. The Morgan fingerprint density at radius 3 is 2.61 bits per heavy atom. The van der Waals surface area contributed by atoms with Crippen molar-refractivity contribution >= 4 is 23.2 Å². The zero-order valence-corrected chi connectivity index (χ0v) is 15.5. The van der Waals surface area contributed by atoms with Gasteiger partial charge in [0.25, 0.3) is 0 Å². The third-order valence-corrected chi connectivity index (χ3v) is 6.08. The molecular weight excluding hydrogens is 329 g/mol. The highest BCUT2D eigenvalue weighted by Crippen LogP contribution is 2.43. The molecule has 1 N–H and O–H groups in total. The number of hydrogen-bond acceptors (Lipinski definition) is 2. The summed E-state index contributed by atoms with van der Waals surface area (Å²) in [7, 11) is 0. The Morgan fingerprint density at radius 2 is 1.96 bits per heavy atom. The lowest BCUT2D eigenvalue weighted by Crippen LogP contribution is -2.37. The molecule has 0 radical (unpaired) electrons. The lowest BCUT2D eigenvalue weighted by molar-refractivity contribution is -0.00962. The van der Waals surface area contributed by atoms with E-state index in [2.05, 4.69) is 18.3 Å². The van der Waals surface area contributed by atoms with Crippen LogP contribution in [-0.2, 0) is 16.8 Å². The van der Waals surface area contributed by atoms with E-state index >= 15 is 0 Å². The number of nitrogens with one attached hydrogen (secondary N) is 1. The van der Waals surface area contributed by atoms with Crippen LogP contribution >= 0.6 is 23.2 Å². The van der Waals surface area contributed by atoms with Gasteiger partial charge in [0.2, 0.25) is 0 Å². The van der Waals surface area contributed by atoms with Crippen molar-refractivity contribution in [1.82, 2.24) is 5.32 Å². The van der Waals surface area contributed by atoms with Gasteiger partial charge in [-0.25, -0.2) is 0 Å². The summed E-state index contributed by atoms with van der Waals surface area (Å²) in [5.41, 5.74) is 2.19. The van der Waals surface area contributed by atoms with Crippen molar-refractivity contribution in [3.8, 4) is 0 Å². The van der Waals surface area contributed by atoms with Crippen LogP contribution in [0.4, 0.5) is 0 Å². The van der Waals surface area contributed by atoms with Crippen molar-refractivity contribution in [2.75, 3.05) is 13.2 Å². The number of rotatable bonds is 8. The van der Waals surface area contributed by atoms with Crippen molar-refractivity contribution < 1.29 is 4.74 Å². The largest absolute Gasteiger partial charge is 0.367 e. The van der Waals surface area contributed by atoms with E-state index in [-0.39, 0.29) is 5.60 Å². The van der Waals surface area contributed by atoms with Crippen LogP contribution in [0.15, 0.2) is 12.1 Å². The fourth-order valence-electron chi connectivity index (χ4n) is 3.83. The molecule has 1 aromatic rings. The van der Waals surface area contributed by atoms with Crippen LogP contribution in [0.5, 0.6) is 0 Å². The van der Waals surface area contributed by atoms with Crippen molar-refractivity contribution in [1.29, 1.82) is 0 Å².